The van der Waals surface area contributed by atoms with Gasteiger partial charge in [0.1, 0.15) is 5.82 Å². The number of nitrogens with zero attached hydrogens (tertiary/aromatic N) is 2. The smallest absolute Gasteiger partial charge is 0.422 e. The molecule has 1 amide bonds. The van der Waals surface area contributed by atoms with Crippen LogP contribution in [0, 0.1) is 12.7 Å². The number of alkyl halides is 3. The summed E-state index contributed by atoms with van der Waals surface area (Å²) in [5.74, 6) is -0.817. The minimum atomic E-state index is -4.49. The van der Waals surface area contributed by atoms with Crippen molar-refractivity contribution < 1.29 is 27.1 Å². The minimum Gasteiger partial charge on any atom is -0.454 e. The Hall–Kier alpha value is -2.71. The Morgan fingerprint density at radius 3 is 2.68 bits per heavy atom. The van der Waals surface area contributed by atoms with Crippen molar-refractivity contribution in [2.75, 3.05) is 6.61 Å². The van der Waals surface area contributed by atoms with E-state index in [-0.39, 0.29) is 18.9 Å². The van der Waals surface area contributed by atoms with Gasteiger partial charge in [0, 0.05) is 5.69 Å². The van der Waals surface area contributed by atoms with Crippen molar-refractivity contribution in [3.63, 3.8) is 0 Å². The number of halogens is 4. The summed E-state index contributed by atoms with van der Waals surface area (Å²) >= 11 is 0. The number of hydrogen-bond acceptors (Lipinski definition) is 4. The predicted octanol–water partition coefficient (Wildman–Crippen LogP) is 2.72. The molecule has 9 heteroatoms. The molecule has 134 valence electrons. The van der Waals surface area contributed by atoms with Crippen molar-refractivity contribution in [3.05, 3.63) is 53.1 Å². The molecule has 0 radical (unpaired) electrons. The van der Waals surface area contributed by atoms with Gasteiger partial charge in [-0.1, -0.05) is 12.1 Å². The van der Waals surface area contributed by atoms with Gasteiger partial charge in [-0.2, -0.15) is 18.2 Å². The maximum Gasteiger partial charge on any atom is 0.422 e. The summed E-state index contributed by atoms with van der Waals surface area (Å²) in [6, 6.07) is 6.73. The zero-order valence-electron chi connectivity index (χ0n) is 13.2. The number of amides is 1. The SMILES string of the molecule is Cc1cc(CNC(=O)Cc2cccc(F)c2)nc(OCC(F)(F)F)n1. The molecule has 0 aliphatic carbocycles. The molecule has 1 aromatic heterocycles. The van der Waals surface area contributed by atoms with Gasteiger partial charge in [-0.3, -0.25) is 4.79 Å². The van der Waals surface area contributed by atoms with E-state index in [2.05, 4.69) is 20.0 Å². The standard InChI is InChI=1S/C16H15F4N3O2/c1-10-5-13(23-15(22-10)25-9-16(18,19)20)8-21-14(24)7-11-3-2-4-12(17)6-11/h2-6H,7-9H2,1H3,(H,21,24). The highest BCUT2D eigenvalue weighted by atomic mass is 19.4. The third kappa shape index (κ3) is 6.74. The molecule has 1 N–H and O–H groups in total. The summed E-state index contributed by atoms with van der Waals surface area (Å²) in [7, 11) is 0. The number of carbonyl (C=O) groups excluding carboxylic acids is 1. The lowest BCUT2D eigenvalue weighted by atomic mass is 10.1. The van der Waals surface area contributed by atoms with E-state index in [4.69, 9.17) is 0 Å². The van der Waals surface area contributed by atoms with E-state index in [0.29, 0.717) is 17.0 Å². The molecule has 0 atom stereocenters. The van der Waals surface area contributed by atoms with Crippen LogP contribution in [0.15, 0.2) is 30.3 Å². The van der Waals surface area contributed by atoms with Crippen LogP contribution in [-0.2, 0) is 17.8 Å². The third-order valence-corrected chi connectivity index (χ3v) is 2.97. The average molecular weight is 357 g/mol. The van der Waals surface area contributed by atoms with E-state index in [1.54, 1.807) is 13.0 Å². The van der Waals surface area contributed by atoms with Crippen molar-refractivity contribution >= 4 is 5.91 Å². The van der Waals surface area contributed by atoms with Gasteiger partial charge in [-0.15, -0.1) is 0 Å². The van der Waals surface area contributed by atoms with Gasteiger partial charge in [0.2, 0.25) is 5.91 Å². The monoisotopic (exact) mass is 357 g/mol. The van der Waals surface area contributed by atoms with Crippen LogP contribution in [0.5, 0.6) is 6.01 Å². The second kappa shape index (κ2) is 7.91. The molecule has 0 saturated heterocycles. The van der Waals surface area contributed by atoms with Crippen molar-refractivity contribution in [2.24, 2.45) is 0 Å². The van der Waals surface area contributed by atoms with Gasteiger partial charge in [-0.05, 0) is 30.7 Å². The largest absolute Gasteiger partial charge is 0.454 e. The van der Waals surface area contributed by atoms with Crippen molar-refractivity contribution in [3.8, 4) is 6.01 Å². The van der Waals surface area contributed by atoms with Crippen LogP contribution in [0.3, 0.4) is 0 Å². The number of aryl methyl sites for hydroxylation is 1. The van der Waals surface area contributed by atoms with E-state index < -0.39 is 24.6 Å². The molecule has 2 aromatic rings. The Kier molecular flexibility index (Phi) is 5.89. The molecular weight excluding hydrogens is 342 g/mol. The molecule has 25 heavy (non-hydrogen) atoms. The fourth-order valence-electron chi connectivity index (χ4n) is 1.99. The lowest BCUT2D eigenvalue weighted by Gasteiger charge is -2.10. The first kappa shape index (κ1) is 18.6. The summed E-state index contributed by atoms with van der Waals surface area (Å²) in [5.41, 5.74) is 1.21. The summed E-state index contributed by atoms with van der Waals surface area (Å²) in [6.07, 6.45) is -4.52. The molecule has 0 unspecified atom stereocenters. The molecule has 1 heterocycles. The normalized spacial score (nSPS) is 11.2. The Balaban J connectivity index is 1.93. The Labute approximate surface area is 141 Å². The number of aromatic nitrogens is 2. The molecule has 5 nitrogen and oxygen atoms in total. The van der Waals surface area contributed by atoms with Gasteiger partial charge in [-0.25, -0.2) is 9.37 Å². The van der Waals surface area contributed by atoms with E-state index >= 15 is 0 Å². The van der Waals surface area contributed by atoms with E-state index in [1.165, 1.54) is 24.3 Å². The highest BCUT2D eigenvalue weighted by Gasteiger charge is 2.29. The van der Waals surface area contributed by atoms with Crippen LogP contribution >= 0.6 is 0 Å². The number of ether oxygens (including phenoxy) is 1. The maximum atomic E-state index is 13.1. The average Bonchev–Trinajstić information content (AvgIpc) is 2.50. The van der Waals surface area contributed by atoms with Crippen molar-refractivity contribution in [1.82, 2.24) is 15.3 Å². The van der Waals surface area contributed by atoms with Gasteiger partial charge in [0.15, 0.2) is 6.61 Å². The highest BCUT2D eigenvalue weighted by molar-refractivity contribution is 5.78. The first-order valence-corrected chi connectivity index (χ1v) is 7.26. The second-order valence-corrected chi connectivity index (χ2v) is 5.27. The molecule has 0 saturated carbocycles. The van der Waals surface area contributed by atoms with Crippen LogP contribution in [0.1, 0.15) is 17.0 Å². The van der Waals surface area contributed by atoms with E-state index in [9.17, 15) is 22.4 Å². The second-order valence-electron chi connectivity index (χ2n) is 5.27. The Morgan fingerprint density at radius 1 is 1.24 bits per heavy atom. The van der Waals surface area contributed by atoms with E-state index in [0.717, 1.165) is 0 Å². The molecule has 2 rings (SSSR count). The lowest BCUT2D eigenvalue weighted by Crippen LogP contribution is -2.25. The van der Waals surface area contributed by atoms with Crippen molar-refractivity contribution in [2.45, 2.75) is 26.1 Å². The van der Waals surface area contributed by atoms with Gasteiger partial charge in [0.25, 0.3) is 0 Å². The zero-order chi connectivity index (χ0) is 18.4. The van der Waals surface area contributed by atoms with Crippen LogP contribution in [0.4, 0.5) is 17.6 Å². The van der Waals surface area contributed by atoms with Crippen LogP contribution in [-0.4, -0.2) is 28.7 Å². The van der Waals surface area contributed by atoms with Gasteiger partial charge < -0.3 is 10.1 Å². The van der Waals surface area contributed by atoms with Crippen LogP contribution in [0.25, 0.3) is 0 Å². The Bertz CT molecular complexity index is 750. The summed E-state index contributed by atoms with van der Waals surface area (Å²) in [4.78, 5) is 19.4. The fraction of sp³-hybridized carbons (Fsp3) is 0.312. The highest BCUT2D eigenvalue weighted by Crippen LogP contribution is 2.16. The van der Waals surface area contributed by atoms with Crippen LogP contribution < -0.4 is 10.1 Å². The number of benzene rings is 1. The van der Waals surface area contributed by atoms with E-state index in [1.807, 2.05) is 0 Å². The molecule has 0 aliphatic rings. The minimum absolute atomic E-state index is 0.0140. The summed E-state index contributed by atoms with van der Waals surface area (Å²) in [6.45, 7) is 0.0574. The quantitative estimate of drug-likeness (QED) is 0.808. The Morgan fingerprint density at radius 2 is 2.00 bits per heavy atom. The van der Waals surface area contributed by atoms with Gasteiger partial charge >= 0.3 is 12.2 Å². The fourth-order valence-corrected chi connectivity index (χ4v) is 1.99. The topological polar surface area (TPSA) is 64.1 Å². The summed E-state index contributed by atoms with van der Waals surface area (Å²) in [5, 5.41) is 2.56. The maximum absolute atomic E-state index is 13.1. The number of hydrogen-bond donors (Lipinski definition) is 1. The first-order valence-electron chi connectivity index (χ1n) is 7.26. The molecule has 0 bridgehead atoms. The lowest BCUT2D eigenvalue weighted by molar-refractivity contribution is -0.154. The predicted molar refractivity (Wildman–Crippen MR) is 80.3 cm³/mol. The van der Waals surface area contributed by atoms with Crippen molar-refractivity contribution in [1.29, 1.82) is 0 Å². The molecule has 0 aliphatic heterocycles. The number of carbonyl (C=O) groups is 1. The molecular formula is C16H15F4N3O2. The molecule has 0 fully saturated rings. The van der Waals surface area contributed by atoms with Crippen LogP contribution in [0.2, 0.25) is 0 Å². The zero-order valence-corrected chi connectivity index (χ0v) is 13.2. The number of nitrogens with one attached hydrogen (secondary N) is 1. The first-order chi connectivity index (χ1) is 11.7. The number of rotatable bonds is 6. The summed E-state index contributed by atoms with van der Waals surface area (Å²) < 4.78 is 54.1. The molecule has 1 aromatic carbocycles. The van der Waals surface area contributed by atoms with Gasteiger partial charge in [0.05, 0.1) is 18.7 Å². The molecule has 0 spiro atoms. The third-order valence-electron chi connectivity index (χ3n) is 2.97.